The average Bonchev–Trinajstić information content (AvgIpc) is 3.46. The summed E-state index contributed by atoms with van der Waals surface area (Å²) < 4.78 is 0. The van der Waals surface area contributed by atoms with Crippen LogP contribution in [-0.2, 0) is 0 Å². The van der Waals surface area contributed by atoms with Gasteiger partial charge >= 0.3 is 0 Å². The van der Waals surface area contributed by atoms with Gasteiger partial charge in [-0.1, -0.05) is 24.0 Å². The van der Waals surface area contributed by atoms with E-state index in [0.29, 0.717) is 12.1 Å². The van der Waals surface area contributed by atoms with Crippen molar-refractivity contribution in [2.75, 3.05) is 0 Å². The van der Waals surface area contributed by atoms with Gasteiger partial charge in [0, 0.05) is 23.2 Å². The first kappa shape index (κ1) is 19.0. The molecule has 0 spiro atoms. The van der Waals surface area contributed by atoms with Crippen molar-refractivity contribution in [1.29, 1.82) is 0 Å². The Labute approximate surface area is 198 Å². The van der Waals surface area contributed by atoms with Crippen molar-refractivity contribution in [1.82, 2.24) is 30.6 Å². The number of imidazole rings is 2. The van der Waals surface area contributed by atoms with Crippen molar-refractivity contribution in [2.45, 2.75) is 49.9 Å². The number of benzene rings is 2. The largest absolute Gasteiger partial charge is 0.341 e. The number of fused-ring (bicyclic) bond motifs is 3. The van der Waals surface area contributed by atoms with Crippen molar-refractivity contribution in [3.8, 4) is 23.1 Å². The third-order valence-corrected chi connectivity index (χ3v) is 8.06. The number of aromatic nitrogens is 4. The van der Waals surface area contributed by atoms with Gasteiger partial charge in [-0.2, -0.15) is 0 Å². The maximum absolute atomic E-state index is 4.80. The number of hydrogen-bond donors (Lipinski definition) is 4. The molecule has 4 N–H and O–H groups in total. The number of rotatable bonds is 3. The first-order valence-corrected chi connectivity index (χ1v) is 12.4. The second-order valence-electron chi connectivity index (χ2n) is 10.5. The predicted molar refractivity (Wildman–Crippen MR) is 131 cm³/mol. The molecule has 1 unspecified atom stereocenters. The minimum absolute atomic E-state index is 0.371. The lowest BCUT2D eigenvalue weighted by Crippen LogP contribution is -2.18. The molecule has 8 rings (SSSR count). The fraction of sp³-hybridized carbons (Fsp3) is 0.357. The molecule has 0 radical (unpaired) electrons. The Balaban J connectivity index is 0.983. The Morgan fingerprint density at radius 1 is 0.735 bits per heavy atom. The van der Waals surface area contributed by atoms with Crippen molar-refractivity contribution in [3.05, 3.63) is 71.4 Å². The zero-order valence-electron chi connectivity index (χ0n) is 18.8. The lowest BCUT2D eigenvalue weighted by Gasteiger charge is -2.09. The summed E-state index contributed by atoms with van der Waals surface area (Å²) in [5, 5.41) is 7.33. The summed E-state index contributed by atoms with van der Waals surface area (Å²) in [6.07, 6.45) is 7.02. The molecule has 0 bridgehead atoms. The van der Waals surface area contributed by atoms with E-state index < -0.39 is 0 Å². The van der Waals surface area contributed by atoms with E-state index in [2.05, 4.69) is 79.9 Å². The van der Waals surface area contributed by atoms with Crippen molar-refractivity contribution in [2.24, 2.45) is 11.8 Å². The number of aromatic amines is 2. The van der Waals surface area contributed by atoms with Gasteiger partial charge in [0.05, 0.1) is 35.0 Å². The number of hydrogen-bond acceptors (Lipinski definition) is 4. The number of H-pyrrole nitrogens is 2. The van der Waals surface area contributed by atoms with Crippen molar-refractivity contribution >= 4 is 11.0 Å². The van der Waals surface area contributed by atoms with Crippen LogP contribution >= 0.6 is 0 Å². The van der Waals surface area contributed by atoms with Crippen LogP contribution in [0.5, 0.6) is 0 Å². The van der Waals surface area contributed by atoms with Crippen LogP contribution in [0.25, 0.3) is 22.3 Å². The summed E-state index contributed by atoms with van der Waals surface area (Å²) in [4.78, 5) is 16.5. The Bertz CT molecular complexity index is 1450. The van der Waals surface area contributed by atoms with Crippen LogP contribution in [0.3, 0.4) is 0 Å². The van der Waals surface area contributed by atoms with Crippen LogP contribution in [0.1, 0.15) is 60.5 Å². The Hall–Kier alpha value is -3.40. The number of nitrogens with one attached hydrogen (secondary N) is 4. The third kappa shape index (κ3) is 3.27. The number of nitrogens with zero attached hydrogens (tertiary/aromatic N) is 2. The topological polar surface area (TPSA) is 81.4 Å². The Morgan fingerprint density at radius 2 is 1.44 bits per heavy atom. The first-order valence-electron chi connectivity index (χ1n) is 12.4. The molecule has 4 aromatic rings. The van der Waals surface area contributed by atoms with Gasteiger partial charge in [0.2, 0.25) is 0 Å². The molecule has 34 heavy (non-hydrogen) atoms. The van der Waals surface area contributed by atoms with Gasteiger partial charge < -0.3 is 20.6 Å². The van der Waals surface area contributed by atoms with Gasteiger partial charge in [-0.25, -0.2) is 9.97 Å². The van der Waals surface area contributed by atoms with Gasteiger partial charge in [0.1, 0.15) is 11.6 Å². The molecule has 6 heteroatoms. The molecule has 4 heterocycles. The van der Waals surface area contributed by atoms with Crippen molar-refractivity contribution in [3.63, 3.8) is 0 Å². The summed E-state index contributed by atoms with van der Waals surface area (Å²) in [5.74, 6) is 10.5. The quantitative estimate of drug-likeness (QED) is 0.356. The summed E-state index contributed by atoms with van der Waals surface area (Å²) in [5.41, 5.74) is 6.26. The smallest absolute Gasteiger partial charge is 0.124 e. The van der Waals surface area contributed by atoms with E-state index in [1.165, 1.54) is 25.7 Å². The highest BCUT2D eigenvalue weighted by Crippen LogP contribution is 2.46. The van der Waals surface area contributed by atoms with E-state index in [4.69, 9.17) is 4.98 Å². The van der Waals surface area contributed by atoms with E-state index in [1.807, 2.05) is 6.20 Å². The maximum atomic E-state index is 4.80. The summed E-state index contributed by atoms with van der Waals surface area (Å²) in [6.45, 7) is 0. The van der Waals surface area contributed by atoms with Crippen LogP contribution in [-0.4, -0.2) is 32.0 Å². The van der Waals surface area contributed by atoms with Crippen LogP contribution in [0.15, 0.2) is 48.7 Å². The molecule has 6 nitrogen and oxygen atoms in total. The van der Waals surface area contributed by atoms with Gasteiger partial charge in [-0.3, -0.25) is 0 Å². The maximum Gasteiger partial charge on any atom is 0.124 e. The normalized spacial score (nSPS) is 30.6. The van der Waals surface area contributed by atoms with Gasteiger partial charge in [-0.15, -0.1) is 0 Å². The lowest BCUT2D eigenvalue weighted by atomic mass is 10.1. The molecule has 0 amide bonds. The fourth-order valence-electron chi connectivity index (χ4n) is 5.87. The zero-order valence-corrected chi connectivity index (χ0v) is 18.8. The molecule has 2 saturated heterocycles. The van der Waals surface area contributed by atoms with E-state index in [0.717, 1.165) is 69.0 Å². The van der Waals surface area contributed by atoms with E-state index >= 15 is 0 Å². The fourth-order valence-corrected chi connectivity index (χ4v) is 5.87. The van der Waals surface area contributed by atoms with Gasteiger partial charge in [0.25, 0.3) is 0 Å². The Kier molecular flexibility index (Phi) is 3.93. The SMILES string of the molecule is C(#Cc1ccc2nc([C@@H]3CC4C[C@H]4N3)[nH]c2c1)c1ccc(-c2cnc([C@@H]3C[C@H]4C[C@H]4N3)[nH]2)cc1. The third-order valence-electron chi connectivity index (χ3n) is 8.06. The molecule has 2 aliphatic carbocycles. The van der Waals surface area contributed by atoms with E-state index in [9.17, 15) is 0 Å². The highest BCUT2D eigenvalue weighted by molar-refractivity contribution is 5.77. The average molecular weight is 447 g/mol. The van der Waals surface area contributed by atoms with Crippen LogP contribution in [0.2, 0.25) is 0 Å². The van der Waals surface area contributed by atoms with Crippen molar-refractivity contribution < 1.29 is 0 Å². The highest BCUT2D eigenvalue weighted by Gasteiger charge is 2.47. The molecule has 6 atom stereocenters. The monoisotopic (exact) mass is 446 g/mol. The molecule has 4 fully saturated rings. The van der Waals surface area contributed by atoms with E-state index in [1.54, 1.807) is 0 Å². The first-order chi connectivity index (χ1) is 16.7. The van der Waals surface area contributed by atoms with Crippen LogP contribution in [0.4, 0.5) is 0 Å². The molecular weight excluding hydrogens is 420 g/mol. The second kappa shape index (κ2) is 7.05. The summed E-state index contributed by atoms with van der Waals surface area (Å²) in [6, 6.07) is 16.8. The molecule has 2 aromatic carbocycles. The molecule has 168 valence electrons. The highest BCUT2D eigenvalue weighted by atomic mass is 15.1. The number of piperidine rings is 2. The zero-order chi connectivity index (χ0) is 22.2. The molecule has 2 aliphatic heterocycles. The van der Waals surface area contributed by atoms with Gasteiger partial charge in [0.15, 0.2) is 0 Å². The van der Waals surface area contributed by atoms with Crippen LogP contribution < -0.4 is 10.6 Å². The second-order valence-corrected chi connectivity index (χ2v) is 10.5. The lowest BCUT2D eigenvalue weighted by molar-refractivity contribution is 0.543. The standard InChI is InChI=1S/C28H26N6/c1(2-16-5-8-20-23(9-16)33-28(32-20)25-13-19-11-22(19)31-25)15-3-6-17(7-4-15)26-14-29-27(34-26)24-12-18-10-21(18)30-24/h3-9,14,18-19,21-22,24-25,30-31H,10-13H2,(H,29,34)(H,32,33)/t18-,19?,21-,22-,24+,25+/m1/s1. The van der Waals surface area contributed by atoms with Gasteiger partial charge in [-0.05, 0) is 73.4 Å². The van der Waals surface area contributed by atoms with Crippen LogP contribution in [0, 0.1) is 23.7 Å². The Morgan fingerprint density at radius 3 is 2.18 bits per heavy atom. The molecular formula is C28H26N6. The molecule has 2 saturated carbocycles. The summed E-state index contributed by atoms with van der Waals surface area (Å²) >= 11 is 0. The molecule has 2 aromatic heterocycles. The van der Waals surface area contributed by atoms with E-state index in [-0.39, 0.29) is 0 Å². The predicted octanol–water partition coefficient (Wildman–Crippen LogP) is 4.20. The minimum Gasteiger partial charge on any atom is -0.341 e. The molecule has 4 aliphatic rings. The summed E-state index contributed by atoms with van der Waals surface area (Å²) in [7, 11) is 0. The minimum atomic E-state index is 0.371.